The third kappa shape index (κ3) is 3.19. The molecule has 110 valence electrons. The van der Waals surface area contributed by atoms with E-state index in [1.54, 1.807) is 0 Å². The molecule has 4 heteroatoms. The van der Waals surface area contributed by atoms with Gasteiger partial charge in [0, 0.05) is 12.0 Å². The fraction of sp³-hybridized carbons (Fsp3) is 0.562. The molecule has 1 aromatic carbocycles. The maximum Gasteiger partial charge on any atom is 0.303 e. The van der Waals surface area contributed by atoms with Crippen LogP contribution in [0.5, 0.6) is 0 Å². The van der Waals surface area contributed by atoms with Crippen LogP contribution >= 0.6 is 0 Å². The quantitative estimate of drug-likeness (QED) is 0.794. The van der Waals surface area contributed by atoms with Crippen LogP contribution in [-0.2, 0) is 10.2 Å². The highest BCUT2D eigenvalue weighted by Crippen LogP contribution is 2.32. The Morgan fingerprint density at radius 1 is 1.20 bits per heavy atom. The molecule has 0 saturated carbocycles. The van der Waals surface area contributed by atoms with Crippen molar-refractivity contribution in [1.29, 1.82) is 0 Å². The summed E-state index contributed by atoms with van der Waals surface area (Å²) in [6, 6.07) is 8.68. The van der Waals surface area contributed by atoms with Crippen molar-refractivity contribution >= 4 is 5.97 Å². The van der Waals surface area contributed by atoms with Crippen molar-refractivity contribution in [3.05, 3.63) is 35.4 Å². The second-order valence-electron chi connectivity index (χ2n) is 6.69. The highest BCUT2D eigenvalue weighted by Gasteiger charge is 2.35. The second-order valence-corrected chi connectivity index (χ2v) is 6.69. The maximum absolute atomic E-state index is 11.0. The Hall–Kier alpha value is -1.39. The Morgan fingerprint density at radius 2 is 1.80 bits per heavy atom. The minimum Gasteiger partial charge on any atom is -0.481 e. The van der Waals surface area contributed by atoms with Gasteiger partial charge in [-0.25, -0.2) is 5.43 Å². The maximum atomic E-state index is 11.0. The predicted octanol–water partition coefficient (Wildman–Crippen LogP) is 2.61. The SMILES string of the molecule is CC1NNC(c2ccc(C(C)(C)C)cc2)C1CC(=O)O. The average Bonchev–Trinajstić information content (AvgIpc) is 2.70. The van der Waals surface area contributed by atoms with E-state index in [0.29, 0.717) is 0 Å². The molecule has 2 rings (SSSR count). The molecule has 3 atom stereocenters. The van der Waals surface area contributed by atoms with Crippen LogP contribution in [0.4, 0.5) is 0 Å². The van der Waals surface area contributed by atoms with Crippen LogP contribution in [0.15, 0.2) is 24.3 Å². The lowest BCUT2D eigenvalue weighted by molar-refractivity contribution is -0.138. The number of carbonyl (C=O) groups is 1. The van der Waals surface area contributed by atoms with Gasteiger partial charge in [-0.3, -0.25) is 10.2 Å². The van der Waals surface area contributed by atoms with E-state index in [0.717, 1.165) is 5.56 Å². The second kappa shape index (κ2) is 5.54. The number of carboxylic acid groups (broad SMARTS) is 1. The molecule has 20 heavy (non-hydrogen) atoms. The van der Waals surface area contributed by atoms with Gasteiger partial charge in [-0.2, -0.15) is 0 Å². The van der Waals surface area contributed by atoms with Crippen molar-refractivity contribution in [2.75, 3.05) is 0 Å². The highest BCUT2D eigenvalue weighted by atomic mass is 16.4. The Balaban J connectivity index is 2.20. The molecule has 1 aliphatic heterocycles. The van der Waals surface area contributed by atoms with Crippen LogP contribution in [0.1, 0.15) is 51.3 Å². The van der Waals surface area contributed by atoms with Gasteiger partial charge in [-0.05, 0) is 23.5 Å². The molecule has 0 radical (unpaired) electrons. The van der Waals surface area contributed by atoms with Crippen LogP contribution < -0.4 is 10.9 Å². The van der Waals surface area contributed by atoms with Crippen molar-refractivity contribution in [1.82, 2.24) is 10.9 Å². The molecule has 4 nitrogen and oxygen atoms in total. The Bertz CT molecular complexity index is 476. The van der Waals surface area contributed by atoms with Crippen molar-refractivity contribution in [3.63, 3.8) is 0 Å². The fourth-order valence-electron chi connectivity index (χ4n) is 2.74. The molecule has 3 unspecified atom stereocenters. The predicted molar refractivity (Wildman–Crippen MR) is 79.4 cm³/mol. The lowest BCUT2D eigenvalue weighted by Gasteiger charge is -2.22. The number of hydrazine groups is 1. The summed E-state index contributed by atoms with van der Waals surface area (Å²) in [6.07, 6.45) is 0.173. The molecular weight excluding hydrogens is 252 g/mol. The number of hydrogen-bond acceptors (Lipinski definition) is 3. The van der Waals surface area contributed by atoms with E-state index < -0.39 is 5.97 Å². The molecule has 0 amide bonds. The van der Waals surface area contributed by atoms with Gasteiger partial charge in [0.15, 0.2) is 0 Å². The molecule has 0 aliphatic carbocycles. The first kappa shape index (κ1) is 15.0. The highest BCUT2D eigenvalue weighted by molar-refractivity contribution is 5.67. The van der Waals surface area contributed by atoms with Crippen molar-refractivity contribution in [2.24, 2.45) is 5.92 Å². The van der Waals surface area contributed by atoms with Crippen LogP contribution in [0.25, 0.3) is 0 Å². The number of hydrogen-bond donors (Lipinski definition) is 3. The molecule has 1 fully saturated rings. The summed E-state index contributed by atoms with van der Waals surface area (Å²) in [6.45, 7) is 8.58. The van der Waals surface area contributed by atoms with Crippen molar-refractivity contribution in [2.45, 2.75) is 51.6 Å². The summed E-state index contributed by atoms with van der Waals surface area (Å²) in [4.78, 5) is 11.0. The lowest BCUT2D eigenvalue weighted by atomic mass is 9.84. The molecule has 1 aliphatic rings. The van der Waals surface area contributed by atoms with E-state index in [4.69, 9.17) is 5.11 Å². The van der Waals surface area contributed by atoms with E-state index >= 15 is 0 Å². The van der Waals surface area contributed by atoms with Crippen LogP contribution in [0, 0.1) is 5.92 Å². The minimum atomic E-state index is -0.747. The molecule has 0 spiro atoms. The summed E-state index contributed by atoms with van der Waals surface area (Å²) in [5, 5.41) is 9.05. The first-order chi connectivity index (χ1) is 9.29. The number of nitrogens with one attached hydrogen (secondary N) is 2. The Morgan fingerprint density at radius 3 is 2.30 bits per heavy atom. The number of aliphatic carboxylic acids is 1. The third-order valence-corrected chi connectivity index (χ3v) is 4.08. The zero-order valence-electron chi connectivity index (χ0n) is 12.6. The van der Waals surface area contributed by atoms with E-state index in [9.17, 15) is 4.79 Å². The first-order valence-electron chi connectivity index (χ1n) is 7.12. The molecule has 1 saturated heterocycles. The summed E-state index contributed by atoms with van der Waals surface area (Å²) < 4.78 is 0. The Kier molecular flexibility index (Phi) is 4.16. The van der Waals surface area contributed by atoms with Crippen LogP contribution in [0.2, 0.25) is 0 Å². The van der Waals surface area contributed by atoms with Gasteiger partial charge in [-0.1, -0.05) is 45.0 Å². The molecule has 1 aromatic rings. The van der Waals surface area contributed by atoms with Crippen molar-refractivity contribution in [3.8, 4) is 0 Å². The smallest absolute Gasteiger partial charge is 0.303 e. The largest absolute Gasteiger partial charge is 0.481 e. The molecular formula is C16H24N2O2. The summed E-state index contributed by atoms with van der Waals surface area (Å²) in [5.41, 5.74) is 8.94. The van der Waals surface area contributed by atoms with Gasteiger partial charge in [0.05, 0.1) is 12.5 Å². The Labute approximate surface area is 120 Å². The van der Waals surface area contributed by atoms with Crippen molar-refractivity contribution < 1.29 is 9.90 Å². The average molecular weight is 276 g/mol. The van der Waals surface area contributed by atoms with Gasteiger partial charge in [0.25, 0.3) is 0 Å². The van der Waals surface area contributed by atoms with Gasteiger partial charge < -0.3 is 5.11 Å². The number of benzene rings is 1. The van der Waals surface area contributed by atoms with Gasteiger partial charge >= 0.3 is 5.97 Å². The van der Waals surface area contributed by atoms with E-state index in [1.165, 1.54) is 5.56 Å². The van der Waals surface area contributed by atoms with E-state index in [1.807, 2.05) is 6.92 Å². The summed E-state index contributed by atoms with van der Waals surface area (Å²) in [7, 11) is 0. The molecule has 3 N–H and O–H groups in total. The molecule has 0 aromatic heterocycles. The van der Waals surface area contributed by atoms with E-state index in [2.05, 4.69) is 55.9 Å². The third-order valence-electron chi connectivity index (χ3n) is 4.08. The zero-order chi connectivity index (χ0) is 14.9. The molecule has 1 heterocycles. The molecule has 0 bridgehead atoms. The summed E-state index contributed by atoms with van der Waals surface area (Å²) >= 11 is 0. The van der Waals surface area contributed by atoms with Crippen LogP contribution in [-0.4, -0.2) is 17.1 Å². The zero-order valence-corrected chi connectivity index (χ0v) is 12.6. The fourth-order valence-corrected chi connectivity index (χ4v) is 2.74. The monoisotopic (exact) mass is 276 g/mol. The summed E-state index contributed by atoms with van der Waals surface area (Å²) in [5.74, 6) is -0.684. The normalized spacial score (nSPS) is 26.7. The topological polar surface area (TPSA) is 61.4 Å². The van der Waals surface area contributed by atoms with Gasteiger partial charge in [-0.15, -0.1) is 0 Å². The number of rotatable bonds is 3. The standard InChI is InChI=1S/C16H24N2O2/c1-10-13(9-14(19)20)15(18-17-10)11-5-7-12(8-6-11)16(2,3)4/h5-8,10,13,15,17-18H,9H2,1-4H3,(H,19,20). The van der Waals surface area contributed by atoms with E-state index in [-0.39, 0.29) is 29.8 Å². The van der Waals surface area contributed by atoms with Crippen LogP contribution in [0.3, 0.4) is 0 Å². The first-order valence-corrected chi connectivity index (χ1v) is 7.12. The minimum absolute atomic E-state index is 0.0510. The number of carboxylic acids is 1. The van der Waals surface area contributed by atoms with Gasteiger partial charge in [0.1, 0.15) is 0 Å². The lowest BCUT2D eigenvalue weighted by Crippen LogP contribution is -2.29. The van der Waals surface area contributed by atoms with Gasteiger partial charge in [0.2, 0.25) is 0 Å².